The highest BCUT2D eigenvalue weighted by molar-refractivity contribution is 5.94. The number of allylic oxidation sites excluding steroid dienone is 2. The highest BCUT2D eigenvalue weighted by Crippen LogP contribution is 2.25. The van der Waals surface area contributed by atoms with E-state index in [-0.39, 0.29) is 13.0 Å². The van der Waals surface area contributed by atoms with Crippen molar-refractivity contribution in [2.24, 2.45) is 5.92 Å². The minimum Gasteiger partial charge on any atom is -0.481 e. The van der Waals surface area contributed by atoms with E-state index >= 15 is 0 Å². The molecule has 33 heavy (non-hydrogen) atoms. The molecule has 0 radical (unpaired) electrons. The Balaban J connectivity index is 1.92. The maximum atomic E-state index is 12.8. The lowest BCUT2D eigenvalue weighted by Gasteiger charge is -2.28. The summed E-state index contributed by atoms with van der Waals surface area (Å²) in [5.41, 5.74) is 0. The van der Waals surface area contributed by atoms with Gasteiger partial charge < -0.3 is 30.2 Å². The lowest BCUT2D eigenvalue weighted by atomic mass is 9.99. The molecule has 10 nitrogen and oxygen atoms in total. The van der Waals surface area contributed by atoms with Crippen molar-refractivity contribution < 1.29 is 47.0 Å². The van der Waals surface area contributed by atoms with Gasteiger partial charge in [0.15, 0.2) is 0 Å². The molecule has 1 heterocycles. The number of hydrogen-bond acceptors (Lipinski definition) is 6. The second-order valence-electron chi connectivity index (χ2n) is 7.62. The predicted octanol–water partition coefficient (Wildman–Crippen LogP) is 0.637. The molecule has 1 unspecified atom stereocenters. The SMILES string of the molecule is C[C@H](NC(=O)C1C=CC(OC(F)(F)F)=CC1)C(=O)N1CCC[C@H]1C(=O)N[C@H](C=O)CC(=O)O. The Kier molecular flexibility index (Phi) is 8.60. The molecule has 0 aromatic carbocycles. The number of nitrogens with one attached hydrogen (secondary N) is 2. The second-order valence-corrected chi connectivity index (χ2v) is 7.62. The molecule has 0 aromatic rings. The van der Waals surface area contributed by atoms with E-state index in [1.807, 2.05) is 0 Å². The molecule has 1 saturated heterocycles. The monoisotopic (exact) mass is 475 g/mol. The highest BCUT2D eigenvalue weighted by Gasteiger charge is 2.38. The van der Waals surface area contributed by atoms with E-state index in [0.717, 1.165) is 12.2 Å². The zero-order valence-corrected chi connectivity index (χ0v) is 17.6. The summed E-state index contributed by atoms with van der Waals surface area (Å²) in [5, 5.41) is 13.6. The summed E-state index contributed by atoms with van der Waals surface area (Å²) in [5.74, 6) is -4.32. The van der Waals surface area contributed by atoms with Crippen molar-refractivity contribution in [2.75, 3.05) is 6.54 Å². The average molecular weight is 475 g/mol. The number of aliphatic carboxylic acids is 1. The molecule has 13 heteroatoms. The summed E-state index contributed by atoms with van der Waals surface area (Å²) in [7, 11) is 0. The van der Waals surface area contributed by atoms with Crippen molar-refractivity contribution in [3.63, 3.8) is 0 Å². The van der Waals surface area contributed by atoms with Crippen molar-refractivity contribution in [1.29, 1.82) is 0 Å². The number of carboxylic acid groups (broad SMARTS) is 1. The van der Waals surface area contributed by atoms with Gasteiger partial charge in [0.05, 0.1) is 18.4 Å². The van der Waals surface area contributed by atoms with Gasteiger partial charge in [0.1, 0.15) is 24.1 Å². The third-order valence-electron chi connectivity index (χ3n) is 5.09. The van der Waals surface area contributed by atoms with Crippen molar-refractivity contribution in [3.05, 3.63) is 24.0 Å². The summed E-state index contributed by atoms with van der Waals surface area (Å²) in [6.07, 6.45) is -1.02. The zero-order valence-electron chi connectivity index (χ0n) is 17.6. The Bertz CT molecular complexity index is 856. The quantitative estimate of drug-likeness (QED) is 0.416. The van der Waals surface area contributed by atoms with Crippen LogP contribution in [-0.4, -0.2) is 71.0 Å². The third-order valence-corrected chi connectivity index (χ3v) is 5.09. The standard InChI is InChI=1S/C20H24F3N3O7/c1-11(24-17(30)12-4-6-14(7-5-12)33-20(21,22)23)19(32)26-8-2-3-15(26)18(31)25-13(10-27)9-16(28)29/h4,6-7,10-13,15H,2-3,5,8-9H2,1H3,(H,24,30)(H,25,31)(H,28,29)/t11-,12?,13-,15-/m0/s1. The number of halogens is 3. The van der Waals surface area contributed by atoms with E-state index in [4.69, 9.17) is 5.11 Å². The molecule has 182 valence electrons. The van der Waals surface area contributed by atoms with E-state index in [9.17, 15) is 37.1 Å². The second kappa shape index (κ2) is 11.0. The number of likely N-dealkylation sites (tertiary alicyclic amines) is 1. The van der Waals surface area contributed by atoms with Crippen LogP contribution in [0, 0.1) is 5.92 Å². The molecule has 4 atom stereocenters. The van der Waals surface area contributed by atoms with E-state index < -0.39 is 66.3 Å². The van der Waals surface area contributed by atoms with Gasteiger partial charge in [-0.15, -0.1) is 13.2 Å². The molecule has 1 aliphatic carbocycles. The van der Waals surface area contributed by atoms with Crippen molar-refractivity contribution in [3.8, 4) is 0 Å². The summed E-state index contributed by atoms with van der Waals surface area (Å²) >= 11 is 0. The van der Waals surface area contributed by atoms with Crippen molar-refractivity contribution in [1.82, 2.24) is 15.5 Å². The first-order valence-corrected chi connectivity index (χ1v) is 10.1. The van der Waals surface area contributed by atoms with Gasteiger partial charge >= 0.3 is 12.3 Å². The van der Waals surface area contributed by atoms with E-state index in [0.29, 0.717) is 19.1 Å². The number of nitrogens with zero attached hydrogens (tertiary/aromatic N) is 1. The van der Waals surface area contributed by atoms with Crippen LogP contribution in [0.5, 0.6) is 0 Å². The molecule has 1 fully saturated rings. The van der Waals surface area contributed by atoms with Gasteiger partial charge in [-0.3, -0.25) is 19.2 Å². The zero-order chi connectivity index (χ0) is 24.8. The maximum Gasteiger partial charge on any atom is 0.573 e. The predicted molar refractivity (Wildman–Crippen MR) is 105 cm³/mol. The Hall–Kier alpha value is -3.38. The van der Waals surface area contributed by atoms with Crippen molar-refractivity contribution >= 4 is 30.0 Å². The number of hydrogen-bond donors (Lipinski definition) is 3. The van der Waals surface area contributed by atoms with Gasteiger partial charge in [-0.25, -0.2) is 0 Å². The summed E-state index contributed by atoms with van der Waals surface area (Å²) < 4.78 is 40.5. The van der Waals surface area contributed by atoms with Gasteiger partial charge in [0, 0.05) is 6.54 Å². The Morgan fingerprint density at radius 2 is 1.97 bits per heavy atom. The maximum absolute atomic E-state index is 12.8. The van der Waals surface area contributed by atoms with Crippen LogP contribution in [0.1, 0.15) is 32.6 Å². The Morgan fingerprint density at radius 3 is 2.52 bits per heavy atom. The highest BCUT2D eigenvalue weighted by atomic mass is 19.4. The van der Waals surface area contributed by atoms with Crippen LogP contribution in [0.25, 0.3) is 0 Å². The lowest BCUT2D eigenvalue weighted by Crippen LogP contribution is -2.54. The first kappa shape index (κ1) is 25.9. The molecule has 2 aliphatic rings. The Morgan fingerprint density at radius 1 is 1.27 bits per heavy atom. The number of ether oxygens (including phenoxy) is 1. The minimum atomic E-state index is -4.84. The Labute approximate surface area is 186 Å². The van der Waals surface area contributed by atoms with Crippen molar-refractivity contribution in [2.45, 2.75) is 57.1 Å². The van der Waals surface area contributed by atoms with Crippen LogP contribution in [0.2, 0.25) is 0 Å². The van der Waals surface area contributed by atoms with Crippen LogP contribution < -0.4 is 10.6 Å². The van der Waals surface area contributed by atoms with Gasteiger partial charge in [0.2, 0.25) is 17.7 Å². The number of rotatable bonds is 9. The van der Waals surface area contributed by atoms with Gasteiger partial charge in [0.25, 0.3) is 0 Å². The normalized spacial score (nSPS) is 22.1. The molecule has 0 spiro atoms. The van der Waals surface area contributed by atoms with Gasteiger partial charge in [-0.1, -0.05) is 6.08 Å². The van der Waals surface area contributed by atoms with Crippen LogP contribution in [0.4, 0.5) is 13.2 Å². The smallest absolute Gasteiger partial charge is 0.481 e. The molecule has 3 amide bonds. The number of alkyl halides is 3. The first-order chi connectivity index (χ1) is 15.4. The number of aldehydes is 1. The van der Waals surface area contributed by atoms with Gasteiger partial charge in [-0.2, -0.15) is 0 Å². The van der Waals surface area contributed by atoms with E-state index in [1.165, 1.54) is 17.9 Å². The number of carbonyl (C=O) groups excluding carboxylic acids is 4. The van der Waals surface area contributed by atoms with Crippen LogP contribution >= 0.6 is 0 Å². The molecule has 1 aliphatic heterocycles. The number of carbonyl (C=O) groups is 5. The lowest BCUT2D eigenvalue weighted by molar-refractivity contribution is -0.303. The number of amides is 3. The minimum absolute atomic E-state index is 0.0555. The molecule has 0 bridgehead atoms. The molecule has 3 N–H and O–H groups in total. The fourth-order valence-corrected chi connectivity index (χ4v) is 3.54. The summed E-state index contributed by atoms with van der Waals surface area (Å²) in [4.78, 5) is 60.7. The third kappa shape index (κ3) is 7.61. The number of carboxylic acids is 1. The van der Waals surface area contributed by atoms with Crippen LogP contribution in [-0.2, 0) is 28.7 Å². The average Bonchev–Trinajstić information content (AvgIpc) is 3.21. The molecular formula is C20H24F3N3O7. The van der Waals surface area contributed by atoms with E-state index in [1.54, 1.807) is 0 Å². The topological polar surface area (TPSA) is 142 Å². The molecule has 0 saturated carbocycles. The fourth-order valence-electron chi connectivity index (χ4n) is 3.54. The van der Waals surface area contributed by atoms with Crippen LogP contribution in [0.3, 0.4) is 0 Å². The molecule has 0 aromatic heterocycles. The van der Waals surface area contributed by atoms with E-state index in [2.05, 4.69) is 15.4 Å². The molecular weight excluding hydrogens is 451 g/mol. The first-order valence-electron chi connectivity index (χ1n) is 10.1. The fraction of sp³-hybridized carbons (Fsp3) is 0.550. The van der Waals surface area contributed by atoms with Crippen LogP contribution in [0.15, 0.2) is 24.0 Å². The largest absolute Gasteiger partial charge is 0.573 e. The molecule has 2 rings (SSSR count). The summed E-state index contributed by atoms with van der Waals surface area (Å²) in [6, 6.07) is -3.19. The van der Waals surface area contributed by atoms with Gasteiger partial charge in [-0.05, 0) is 38.3 Å². The summed E-state index contributed by atoms with van der Waals surface area (Å²) in [6.45, 7) is 1.64.